The summed E-state index contributed by atoms with van der Waals surface area (Å²) in [5, 5.41) is 0. The highest BCUT2D eigenvalue weighted by atomic mass is 16.6. The largest absolute Gasteiger partial charge is 0.469 e. The second-order valence-electron chi connectivity index (χ2n) is 8.15. The van der Waals surface area contributed by atoms with Crippen molar-refractivity contribution < 1.29 is 19.1 Å². The summed E-state index contributed by atoms with van der Waals surface area (Å²) in [6.07, 6.45) is 1.68. The average molecular weight is 328 g/mol. The molecule has 0 aromatic heterocycles. The predicted octanol–water partition coefficient (Wildman–Crippen LogP) is 2.55. The fourth-order valence-corrected chi connectivity index (χ4v) is 3.04. The van der Waals surface area contributed by atoms with Crippen LogP contribution >= 0.6 is 0 Å². The first-order valence-electron chi connectivity index (χ1n) is 8.25. The molecule has 1 fully saturated rings. The van der Waals surface area contributed by atoms with Crippen molar-refractivity contribution >= 4 is 12.1 Å². The third-order valence-electron chi connectivity index (χ3n) is 4.25. The Labute approximate surface area is 139 Å². The average Bonchev–Trinajstić information content (AvgIpc) is 2.42. The van der Waals surface area contributed by atoms with E-state index in [1.54, 1.807) is 4.90 Å². The number of carbonyl (C=O) groups is 2. The molecule has 23 heavy (non-hydrogen) atoms. The lowest BCUT2D eigenvalue weighted by atomic mass is 9.77. The minimum Gasteiger partial charge on any atom is -0.469 e. The third kappa shape index (κ3) is 6.01. The maximum atomic E-state index is 12.6. The van der Waals surface area contributed by atoms with Gasteiger partial charge >= 0.3 is 12.1 Å². The van der Waals surface area contributed by atoms with E-state index in [1.165, 1.54) is 7.11 Å². The SMILES string of the molecule is COC(=O)CC(CN)C1CCC(C)(C)CN1C(=O)OC(C)(C)C. The minimum absolute atomic E-state index is 0.0256. The van der Waals surface area contributed by atoms with Gasteiger partial charge in [-0.1, -0.05) is 13.8 Å². The van der Waals surface area contributed by atoms with Crippen LogP contribution in [0.5, 0.6) is 0 Å². The van der Waals surface area contributed by atoms with Crippen LogP contribution in [0.3, 0.4) is 0 Å². The Kier molecular flexibility index (Phi) is 6.45. The lowest BCUT2D eigenvalue weighted by Crippen LogP contribution is -2.55. The van der Waals surface area contributed by atoms with E-state index in [0.29, 0.717) is 13.1 Å². The molecular weight excluding hydrogens is 296 g/mol. The highest BCUT2D eigenvalue weighted by molar-refractivity contribution is 5.71. The first-order valence-corrected chi connectivity index (χ1v) is 8.25. The summed E-state index contributed by atoms with van der Waals surface area (Å²) < 4.78 is 10.3. The molecule has 0 radical (unpaired) electrons. The predicted molar refractivity (Wildman–Crippen MR) is 88.9 cm³/mol. The topological polar surface area (TPSA) is 81.9 Å². The number of hydrogen-bond donors (Lipinski definition) is 1. The van der Waals surface area contributed by atoms with Crippen LogP contribution in [0, 0.1) is 11.3 Å². The number of rotatable bonds is 4. The van der Waals surface area contributed by atoms with Gasteiger partial charge in [-0.15, -0.1) is 0 Å². The lowest BCUT2D eigenvalue weighted by Gasteiger charge is -2.46. The second-order valence-corrected chi connectivity index (χ2v) is 8.15. The fraction of sp³-hybridized carbons (Fsp3) is 0.882. The summed E-state index contributed by atoms with van der Waals surface area (Å²) in [6, 6.07) is -0.0954. The Bertz CT molecular complexity index is 429. The normalized spacial score (nSPS) is 22.4. The van der Waals surface area contributed by atoms with Crippen LogP contribution in [-0.2, 0) is 14.3 Å². The van der Waals surface area contributed by atoms with Crippen LogP contribution in [-0.4, -0.2) is 48.8 Å². The van der Waals surface area contributed by atoms with Crippen LogP contribution in [0.1, 0.15) is 53.9 Å². The molecule has 0 aromatic rings. The van der Waals surface area contributed by atoms with Crippen molar-refractivity contribution in [2.45, 2.75) is 65.5 Å². The Morgan fingerprint density at radius 3 is 2.43 bits per heavy atom. The van der Waals surface area contributed by atoms with Crippen molar-refractivity contribution in [1.29, 1.82) is 0 Å². The van der Waals surface area contributed by atoms with Gasteiger partial charge in [0.15, 0.2) is 0 Å². The van der Waals surface area contributed by atoms with Gasteiger partial charge in [0.25, 0.3) is 0 Å². The van der Waals surface area contributed by atoms with Crippen LogP contribution in [0.4, 0.5) is 4.79 Å². The number of ether oxygens (including phenoxy) is 2. The minimum atomic E-state index is -0.552. The van der Waals surface area contributed by atoms with Gasteiger partial charge in [0, 0.05) is 18.5 Å². The Balaban J connectivity index is 2.96. The van der Waals surface area contributed by atoms with Gasteiger partial charge in [0.1, 0.15) is 5.60 Å². The highest BCUT2D eigenvalue weighted by Gasteiger charge is 2.41. The van der Waals surface area contributed by atoms with E-state index >= 15 is 0 Å². The van der Waals surface area contributed by atoms with E-state index in [4.69, 9.17) is 15.2 Å². The van der Waals surface area contributed by atoms with E-state index in [2.05, 4.69) is 13.8 Å². The molecular formula is C17H32N2O4. The van der Waals surface area contributed by atoms with Crippen molar-refractivity contribution in [3.63, 3.8) is 0 Å². The number of likely N-dealkylation sites (tertiary alicyclic amines) is 1. The summed E-state index contributed by atoms with van der Waals surface area (Å²) in [4.78, 5) is 26.0. The van der Waals surface area contributed by atoms with E-state index < -0.39 is 5.60 Å². The Hall–Kier alpha value is -1.30. The smallest absolute Gasteiger partial charge is 0.410 e. The first kappa shape index (κ1) is 19.7. The number of methoxy groups -OCH3 is 1. The van der Waals surface area contributed by atoms with Crippen molar-refractivity contribution in [2.24, 2.45) is 17.1 Å². The maximum Gasteiger partial charge on any atom is 0.410 e. The maximum absolute atomic E-state index is 12.6. The van der Waals surface area contributed by atoms with Gasteiger partial charge in [0.2, 0.25) is 0 Å². The first-order chi connectivity index (χ1) is 10.5. The summed E-state index contributed by atoms with van der Waals surface area (Å²) in [6.45, 7) is 10.8. The molecule has 0 bridgehead atoms. The van der Waals surface area contributed by atoms with Crippen molar-refractivity contribution in [2.75, 3.05) is 20.2 Å². The van der Waals surface area contributed by atoms with Gasteiger partial charge in [0.05, 0.1) is 13.5 Å². The highest BCUT2D eigenvalue weighted by Crippen LogP contribution is 2.36. The number of carbonyl (C=O) groups excluding carboxylic acids is 2. The molecule has 6 nitrogen and oxygen atoms in total. The van der Waals surface area contributed by atoms with Crippen LogP contribution in [0.25, 0.3) is 0 Å². The standard InChI is InChI=1S/C17H32N2O4/c1-16(2,3)23-15(21)19-11-17(4,5)8-7-13(19)12(10-18)9-14(20)22-6/h12-13H,7-11,18H2,1-6H3. The van der Waals surface area contributed by atoms with Crippen LogP contribution < -0.4 is 5.73 Å². The number of esters is 1. The number of amides is 1. The van der Waals surface area contributed by atoms with Crippen molar-refractivity contribution in [3.8, 4) is 0 Å². The molecule has 0 spiro atoms. The van der Waals surface area contributed by atoms with Gasteiger partial charge in [-0.05, 0) is 45.6 Å². The van der Waals surface area contributed by atoms with Gasteiger partial charge in [-0.2, -0.15) is 0 Å². The lowest BCUT2D eigenvalue weighted by molar-refractivity contribution is -0.142. The third-order valence-corrected chi connectivity index (χ3v) is 4.25. The second kappa shape index (κ2) is 7.51. The number of nitrogens with two attached hydrogens (primary N) is 1. The zero-order valence-corrected chi connectivity index (χ0v) is 15.3. The molecule has 1 saturated heterocycles. The zero-order chi connectivity index (χ0) is 17.8. The molecule has 6 heteroatoms. The molecule has 0 saturated carbocycles. The number of nitrogens with zero attached hydrogens (tertiary/aromatic N) is 1. The molecule has 0 aromatic carbocycles. The monoisotopic (exact) mass is 328 g/mol. The molecule has 1 rings (SSSR count). The molecule has 0 aliphatic carbocycles. The van der Waals surface area contributed by atoms with Gasteiger partial charge in [-0.3, -0.25) is 4.79 Å². The van der Waals surface area contributed by atoms with Gasteiger partial charge < -0.3 is 20.1 Å². The molecule has 134 valence electrons. The number of hydrogen-bond acceptors (Lipinski definition) is 5. The Morgan fingerprint density at radius 1 is 1.35 bits per heavy atom. The van der Waals surface area contributed by atoms with Crippen LogP contribution in [0.2, 0.25) is 0 Å². The fourth-order valence-electron chi connectivity index (χ4n) is 3.04. The number of piperidine rings is 1. The van der Waals surface area contributed by atoms with Crippen molar-refractivity contribution in [1.82, 2.24) is 4.90 Å². The molecule has 1 amide bonds. The summed E-state index contributed by atoms with van der Waals surface area (Å²) in [5.74, 6) is -0.416. The molecule has 1 heterocycles. The van der Waals surface area contributed by atoms with E-state index in [0.717, 1.165) is 12.8 Å². The molecule has 1 aliphatic heterocycles. The van der Waals surface area contributed by atoms with Crippen molar-refractivity contribution in [3.05, 3.63) is 0 Å². The summed E-state index contributed by atoms with van der Waals surface area (Å²) >= 11 is 0. The molecule has 2 unspecified atom stereocenters. The Morgan fingerprint density at radius 2 is 1.96 bits per heavy atom. The summed E-state index contributed by atoms with van der Waals surface area (Å²) in [7, 11) is 1.37. The quantitative estimate of drug-likeness (QED) is 0.802. The van der Waals surface area contributed by atoms with E-state index in [9.17, 15) is 9.59 Å². The zero-order valence-electron chi connectivity index (χ0n) is 15.3. The van der Waals surface area contributed by atoms with E-state index in [-0.39, 0.29) is 35.9 Å². The van der Waals surface area contributed by atoms with Gasteiger partial charge in [-0.25, -0.2) is 4.79 Å². The summed E-state index contributed by atoms with van der Waals surface area (Å²) in [5.41, 5.74) is 5.35. The molecule has 1 aliphatic rings. The van der Waals surface area contributed by atoms with E-state index in [1.807, 2.05) is 20.8 Å². The van der Waals surface area contributed by atoms with Crippen LogP contribution in [0.15, 0.2) is 0 Å². The molecule has 2 N–H and O–H groups in total. The molecule has 2 atom stereocenters.